The highest BCUT2D eigenvalue weighted by Crippen LogP contribution is 2.51. The highest BCUT2D eigenvalue weighted by Gasteiger charge is 2.33. The van der Waals surface area contributed by atoms with Gasteiger partial charge in [-0.25, -0.2) is 0 Å². The van der Waals surface area contributed by atoms with Crippen molar-refractivity contribution in [2.24, 2.45) is 0 Å². The van der Waals surface area contributed by atoms with Crippen molar-refractivity contribution in [1.29, 1.82) is 0 Å². The molecule has 0 spiro atoms. The van der Waals surface area contributed by atoms with Crippen LogP contribution in [0.25, 0.3) is 44.3 Å². The minimum atomic E-state index is 0.306. The molecule has 0 nitrogen and oxygen atoms in total. The van der Waals surface area contributed by atoms with E-state index in [0.29, 0.717) is 5.92 Å². The second-order valence-corrected chi connectivity index (χ2v) is 10.1. The van der Waals surface area contributed by atoms with E-state index in [4.69, 9.17) is 0 Å². The summed E-state index contributed by atoms with van der Waals surface area (Å²) in [5.41, 5.74) is 12.5. The lowest BCUT2D eigenvalue weighted by molar-refractivity contribution is 0.897. The van der Waals surface area contributed by atoms with Crippen molar-refractivity contribution in [2.75, 3.05) is 0 Å². The molecule has 0 N–H and O–H groups in total. The number of hydrogen-bond donors (Lipinski definition) is 0. The Morgan fingerprint density at radius 1 is 0.556 bits per heavy atom. The van der Waals surface area contributed by atoms with Crippen LogP contribution in [0.15, 0.2) is 133 Å². The third-order valence-electron chi connectivity index (χ3n) is 8.18. The lowest BCUT2D eigenvalue weighted by Gasteiger charge is -2.36. The smallest absolute Gasteiger partial charge is 0.0352 e. The molecule has 36 heavy (non-hydrogen) atoms. The molecule has 5 aromatic rings. The predicted octanol–water partition coefficient (Wildman–Crippen LogP) is 9.28. The van der Waals surface area contributed by atoms with Gasteiger partial charge < -0.3 is 0 Å². The molecule has 168 valence electrons. The molecule has 0 aliphatic heterocycles. The van der Waals surface area contributed by atoms with Gasteiger partial charge in [0.15, 0.2) is 0 Å². The third-order valence-corrected chi connectivity index (χ3v) is 8.18. The summed E-state index contributed by atoms with van der Waals surface area (Å²) >= 11 is 0. The van der Waals surface area contributed by atoms with Crippen LogP contribution in [0.4, 0.5) is 0 Å². The Morgan fingerprint density at radius 3 is 2.03 bits per heavy atom. The van der Waals surface area contributed by atoms with E-state index >= 15 is 0 Å². The first-order valence-corrected chi connectivity index (χ1v) is 12.8. The summed E-state index contributed by atoms with van der Waals surface area (Å²) in [6.45, 7) is 0. The van der Waals surface area contributed by atoms with Crippen LogP contribution in [0.3, 0.4) is 0 Å². The van der Waals surface area contributed by atoms with E-state index in [2.05, 4.69) is 127 Å². The minimum absolute atomic E-state index is 0.306. The Balaban J connectivity index is 1.32. The fourth-order valence-corrected chi connectivity index (χ4v) is 6.44. The molecule has 5 aromatic carbocycles. The fraction of sp³-hybridized carbons (Fsp3) is 0.0556. The Bertz CT molecular complexity index is 1850. The van der Waals surface area contributed by atoms with Crippen molar-refractivity contribution >= 4 is 33.2 Å². The van der Waals surface area contributed by atoms with Crippen LogP contribution in [-0.4, -0.2) is 0 Å². The van der Waals surface area contributed by atoms with Gasteiger partial charge in [-0.15, -0.1) is 0 Å². The van der Waals surface area contributed by atoms with Crippen LogP contribution in [0.1, 0.15) is 28.2 Å². The zero-order chi connectivity index (χ0) is 23.6. The highest BCUT2D eigenvalue weighted by atomic mass is 14.4. The van der Waals surface area contributed by atoms with Crippen molar-refractivity contribution < 1.29 is 0 Å². The van der Waals surface area contributed by atoms with E-state index in [-0.39, 0.29) is 0 Å². The number of benzene rings is 5. The molecule has 1 atom stereocenters. The molecule has 8 rings (SSSR count). The standard InChI is InChI=1S/C36H24/c1-3-7-27-21-29(11-9-23(27)5-1)31-17-13-25-16-20-34-32(18-14-26-15-19-33(31)35(25)36(26)34)30-12-10-24-6-2-4-8-28(24)22-30/h1-19,21-22,35H,20H2. The highest BCUT2D eigenvalue weighted by molar-refractivity contribution is 5.94. The molecular formula is C36H24. The first-order chi connectivity index (χ1) is 17.8. The monoisotopic (exact) mass is 456 g/mol. The molecule has 0 saturated carbocycles. The maximum Gasteiger partial charge on any atom is 0.0352 e. The molecule has 0 bridgehead atoms. The lowest BCUT2D eigenvalue weighted by atomic mass is 9.67. The van der Waals surface area contributed by atoms with Crippen LogP contribution in [-0.2, 0) is 6.42 Å². The van der Waals surface area contributed by atoms with Crippen LogP contribution in [0, 0.1) is 0 Å². The van der Waals surface area contributed by atoms with Gasteiger partial charge in [0.2, 0.25) is 0 Å². The van der Waals surface area contributed by atoms with Gasteiger partial charge in [-0.1, -0.05) is 115 Å². The van der Waals surface area contributed by atoms with Gasteiger partial charge in [0.05, 0.1) is 0 Å². The molecule has 3 aliphatic carbocycles. The Hall–Kier alpha value is -4.42. The van der Waals surface area contributed by atoms with Crippen LogP contribution in [0.5, 0.6) is 0 Å². The van der Waals surface area contributed by atoms with Crippen LogP contribution >= 0.6 is 0 Å². The van der Waals surface area contributed by atoms with Gasteiger partial charge in [-0.05, 0) is 90.2 Å². The van der Waals surface area contributed by atoms with Gasteiger partial charge in [-0.2, -0.15) is 0 Å². The number of allylic oxidation sites excluding steroid dienone is 7. The fourth-order valence-electron chi connectivity index (χ4n) is 6.44. The second-order valence-electron chi connectivity index (χ2n) is 10.1. The van der Waals surface area contributed by atoms with Gasteiger partial charge in [0.1, 0.15) is 0 Å². The van der Waals surface area contributed by atoms with E-state index in [1.807, 2.05) is 0 Å². The van der Waals surface area contributed by atoms with E-state index in [0.717, 1.165) is 6.42 Å². The molecule has 0 radical (unpaired) electrons. The Morgan fingerprint density at radius 2 is 1.25 bits per heavy atom. The quantitative estimate of drug-likeness (QED) is 0.248. The summed E-state index contributed by atoms with van der Waals surface area (Å²) in [6, 6.07) is 35.7. The van der Waals surface area contributed by atoms with E-state index in [1.54, 1.807) is 0 Å². The van der Waals surface area contributed by atoms with Crippen molar-refractivity contribution in [1.82, 2.24) is 0 Å². The average molecular weight is 457 g/mol. The predicted molar refractivity (Wildman–Crippen MR) is 153 cm³/mol. The van der Waals surface area contributed by atoms with E-state index in [9.17, 15) is 0 Å². The molecule has 3 aliphatic rings. The van der Waals surface area contributed by atoms with Crippen molar-refractivity contribution in [3.8, 4) is 11.1 Å². The maximum absolute atomic E-state index is 2.45. The van der Waals surface area contributed by atoms with Gasteiger partial charge in [0, 0.05) is 5.92 Å². The zero-order valence-electron chi connectivity index (χ0n) is 19.9. The largest absolute Gasteiger partial charge is 0.0759 e. The van der Waals surface area contributed by atoms with E-state index < -0.39 is 0 Å². The molecule has 0 fully saturated rings. The lowest BCUT2D eigenvalue weighted by Crippen LogP contribution is -2.19. The summed E-state index contributed by atoms with van der Waals surface area (Å²) < 4.78 is 0. The molecule has 0 saturated heterocycles. The average Bonchev–Trinajstić information content (AvgIpc) is 2.95. The van der Waals surface area contributed by atoms with Crippen LogP contribution < -0.4 is 0 Å². The van der Waals surface area contributed by atoms with Crippen molar-refractivity contribution in [3.05, 3.63) is 155 Å². The van der Waals surface area contributed by atoms with Crippen molar-refractivity contribution in [2.45, 2.75) is 12.3 Å². The summed E-state index contributed by atoms with van der Waals surface area (Å²) in [7, 11) is 0. The second kappa shape index (κ2) is 7.54. The summed E-state index contributed by atoms with van der Waals surface area (Å²) in [4.78, 5) is 0. The third kappa shape index (κ3) is 2.88. The SMILES string of the molecule is C1=CC(c2ccc3ccccc3c2)=C2C=Cc3ccc(-c4ccc5ccccc5c4)c4c3C2C1=CC4. The number of hydrogen-bond acceptors (Lipinski definition) is 0. The number of rotatable bonds is 2. The summed E-state index contributed by atoms with van der Waals surface area (Å²) in [6.07, 6.45) is 12.8. The summed E-state index contributed by atoms with van der Waals surface area (Å²) in [5, 5.41) is 5.17. The molecule has 0 heterocycles. The van der Waals surface area contributed by atoms with Gasteiger partial charge in [-0.3, -0.25) is 0 Å². The molecule has 1 unspecified atom stereocenters. The first kappa shape index (κ1) is 19.8. The van der Waals surface area contributed by atoms with Crippen LogP contribution in [0.2, 0.25) is 0 Å². The first-order valence-electron chi connectivity index (χ1n) is 12.8. The topological polar surface area (TPSA) is 0 Å². The maximum atomic E-state index is 2.45. The zero-order valence-corrected chi connectivity index (χ0v) is 19.9. The normalized spacial score (nSPS) is 17.4. The summed E-state index contributed by atoms with van der Waals surface area (Å²) in [5.74, 6) is 0.306. The molecular weight excluding hydrogens is 432 g/mol. The number of fused-ring (bicyclic) bond motifs is 2. The van der Waals surface area contributed by atoms with Gasteiger partial charge >= 0.3 is 0 Å². The Kier molecular flexibility index (Phi) is 4.15. The van der Waals surface area contributed by atoms with E-state index in [1.165, 1.54) is 71.6 Å². The molecule has 0 heteroatoms. The molecule has 0 aromatic heterocycles. The minimum Gasteiger partial charge on any atom is -0.0759 e. The van der Waals surface area contributed by atoms with Crippen molar-refractivity contribution in [3.63, 3.8) is 0 Å². The van der Waals surface area contributed by atoms with Gasteiger partial charge in [0.25, 0.3) is 0 Å². The Labute approximate surface area is 211 Å². The molecule has 0 amide bonds.